The highest BCUT2D eigenvalue weighted by Crippen LogP contribution is 2.30. The summed E-state index contributed by atoms with van der Waals surface area (Å²) < 4.78 is 5.64. The molecule has 5 heteroatoms. The molecule has 0 unspecified atom stereocenters. The minimum atomic E-state index is 0.387. The van der Waals surface area contributed by atoms with Crippen molar-refractivity contribution in [2.75, 3.05) is 20.2 Å². The zero-order valence-electron chi connectivity index (χ0n) is 10.2. The lowest BCUT2D eigenvalue weighted by Gasteiger charge is -2.30. The number of quaternary nitrogens is 1. The van der Waals surface area contributed by atoms with Crippen molar-refractivity contribution in [2.24, 2.45) is 5.84 Å². The highest BCUT2D eigenvalue weighted by molar-refractivity contribution is 6.30. The number of nitrogens with two attached hydrogens (primary N) is 1. The molecule has 1 fully saturated rings. The Kier molecular flexibility index (Phi) is 3.86. The molecule has 0 aliphatic carbocycles. The number of hydrogen-bond acceptors (Lipinski definition) is 3. The lowest BCUT2D eigenvalue weighted by molar-refractivity contribution is 0.290. The fraction of sp³-hybridized carbons (Fsp3) is 0.583. The van der Waals surface area contributed by atoms with Gasteiger partial charge in [-0.15, -0.1) is 0 Å². The molecule has 2 heterocycles. The van der Waals surface area contributed by atoms with Gasteiger partial charge >= 0.3 is 0 Å². The molecule has 0 radical (unpaired) electrons. The molecule has 0 aromatic carbocycles. The number of aromatic nitrogens is 1. The molecule has 94 valence electrons. The van der Waals surface area contributed by atoms with E-state index >= 15 is 0 Å². The summed E-state index contributed by atoms with van der Waals surface area (Å²) in [5, 5.41) is 0.387. The Morgan fingerprint density at radius 2 is 1.94 bits per heavy atom. The molecule has 1 aromatic heterocycles. The second-order valence-corrected chi connectivity index (χ2v) is 4.94. The van der Waals surface area contributed by atoms with Crippen LogP contribution in [0.5, 0.6) is 5.75 Å². The van der Waals surface area contributed by atoms with Gasteiger partial charge in [-0.3, -0.25) is 0 Å². The second-order valence-electron chi connectivity index (χ2n) is 4.58. The minimum absolute atomic E-state index is 0.387. The third kappa shape index (κ3) is 2.70. The highest BCUT2D eigenvalue weighted by Gasteiger charge is 2.29. The van der Waals surface area contributed by atoms with Gasteiger partial charge in [0, 0.05) is 6.07 Å². The van der Waals surface area contributed by atoms with Gasteiger partial charge in [-0.2, -0.15) is 5.84 Å². The largest absolute Gasteiger partial charge is 0.493 e. The van der Waals surface area contributed by atoms with Gasteiger partial charge in [0.05, 0.1) is 13.3 Å². The summed E-state index contributed by atoms with van der Waals surface area (Å²) in [4.78, 5) is 4.15. The van der Waals surface area contributed by atoms with Crippen LogP contribution in [0.3, 0.4) is 0 Å². The fourth-order valence-corrected chi connectivity index (χ4v) is 2.50. The normalized spacial score (nSPS) is 19.7. The van der Waals surface area contributed by atoms with Gasteiger partial charge in [-0.05, 0) is 25.7 Å². The smallest absolute Gasteiger partial charge is 0.174 e. The van der Waals surface area contributed by atoms with E-state index in [1.165, 1.54) is 12.8 Å². The first-order valence-electron chi connectivity index (χ1n) is 6.01. The van der Waals surface area contributed by atoms with Crippen molar-refractivity contribution in [1.82, 2.24) is 9.58 Å². The van der Waals surface area contributed by atoms with Gasteiger partial charge in [-0.25, -0.2) is 9.58 Å². The van der Waals surface area contributed by atoms with E-state index in [4.69, 9.17) is 22.2 Å². The van der Waals surface area contributed by atoms with Crippen molar-refractivity contribution in [3.05, 3.63) is 17.4 Å². The maximum absolute atomic E-state index is 6.45. The molecule has 17 heavy (non-hydrogen) atoms. The first-order valence-corrected chi connectivity index (χ1v) is 6.39. The lowest BCUT2D eigenvalue weighted by Crippen LogP contribution is -2.56. The van der Waals surface area contributed by atoms with Crippen LogP contribution in [0.1, 0.15) is 25.7 Å². The number of ether oxygens (including phenoxy) is 1. The third-order valence-corrected chi connectivity index (χ3v) is 3.67. The Balaban J connectivity index is 2.31. The first kappa shape index (κ1) is 12.6. The van der Waals surface area contributed by atoms with Crippen molar-refractivity contribution < 1.29 is 4.74 Å². The van der Waals surface area contributed by atoms with E-state index in [0.717, 1.165) is 31.6 Å². The summed E-state index contributed by atoms with van der Waals surface area (Å²) in [6.07, 6.45) is 6.59. The summed E-state index contributed by atoms with van der Waals surface area (Å²) in [7, 11) is 1.59. The van der Waals surface area contributed by atoms with E-state index in [1.54, 1.807) is 13.3 Å². The molecule has 0 amide bonds. The van der Waals surface area contributed by atoms with Gasteiger partial charge < -0.3 is 4.74 Å². The molecule has 0 bridgehead atoms. The van der Waals surface area contributed by atoms with Gasteiger partial charge in [0.1, 0.15) is 13.1 Å². The van der Waals surface area contributed by atoms with Crippen LogP contribution in [0.15, 0.2) is 12.3 Å². The zero-order chi connectivity index (χ0) is 12.3. The predicted molar refractivity (Wildman–Crippen MR) is 70.0 cm³/mol. The molecule has 4 nitrogen and oxygen atoms in total. The van der Waals surface area contributed by atoms with E-state index in [0.29, 0.717) is 15.5 Å². The average Bonchev–Trinajstić information content (AvgIpc) is 2.55. The predicted octanol–water partition coefficient (Wildman–Crippen LogP) is 2.50. The van der Waals surface area contributed by atoms with Crippen molar-refractivity contribution in [3.63, 3.8) is 0 Å². The molecule has 2 N–H and O–H groups in total. The third-order valence-electron chi connectivity index (χ3n) is 3.39. The van der Waals surface area contributed by atoms with E-state index in [1.807, 2.05) is 6.07 Å². The Hall–Kier alpha value is -0.840. The molecule has 2 rings (SSSR count). The molecular formula is C12H19ClN3O+. The molecule has 1 saturated heterocycles. The number of nitrogens with zero attached hydrogens (tertiary/aromatic N) is 2. The SMILES string of the molecule is COc1cc([N+]2(N)CCCCCC2)cnc1Cl. The Bertz CT molecular complexity index is 389. The van der Waals surface area contributed by atoms with Crippen LogP contribution in [-0.2, 0) is 0 Å². The van der Waals surface area contributed by atoms with E-state index in [9.17, 15) is 0 Å². The zero-order valence-corrected chi connectivity index (χ0v) is 10.9. The molecule has 0 spiro atoms. The summed E-state index contributed by atoms with van der Waals surface area (Å²) in [6, 6.07) is 1.90. The highest BCUT2D eigenvalue weighted by atomic mass is 35.5. The Morgan fingerprint density at radius 3 is 2.53 bits per heavy atom. The van der Waals surface area contributed by atoms with E-state index in [2.05, 4.69) is 4.98 Å². The van der Waals surface area contributed by atoms with Crippen LogP contribution >= 0.6 is 11.6 Å². The standard InChI is InChI=1S/C12H19ClN3O/c1-17-11-8-10(9-15-12(11)13)16(14)6-4-2-3-5-7-16/h8-9H,2-7,14H2,1H3/q+1. The van der Waals surface area contributed by atoms with Crippen LogP contribution in [0, 0.1) is 0 Å². The molecule has 0 saturated carbocycles. The minimum Gasteiger partial charge on any atom is -0.493 e. The summed E-state index contributed by atoms with van der Waals surface area (Å²) >= 11 is 5.93. The monoisotopic (exact) mass is 256 g/mol. The first-order chi connectivity index (χ1) is 8.15. The number of methoxy groups -OCH3 is 1. The summed E-state index contributed by atoms with van der Waals surface area (Å²) in [5.74, 6) is 7.05. The molecule has 0 atom stereocenters. The van der Waals surface area contributed by atoms with Gasteiger partial charge in [0.15, 0.2) is 16.6 Å². The maximum Gasteiger partial charge on any atom is 0.174 e. The summed E-state index contributed by atoms with van der Waals surface area (Å²) in [5.41, 5.74) is 0.980. The molecular weight excluding hydrogens is 238 g/mol. The van der Waals surface area contributed by atoms with Crippen LogP contribution in [0.4, 0.5) is 5.69 Å². The second kappa shape index (κ2) is 5.21. The van der Waals surface area contributed by atoms with Crippen LogP contribution < -0.4 is 15.2 Å². The number of halogens is 1. The molecule has 1 aliphatic heterocycles. The lowest BCUT2D eigenvalue weighted by atomic mass is 10.2. The topological polar surface area (TPSA) is 48.1 Å². The Labute approximate surface area is 107 Å². The summed E-state index contributed by atoms with van der Waals surface area (Å²) in [6.45, 7) is 1.90. The Morgan fingerprint density at radius 1 is 1.29 bits per heavy atom. The number of hydrogen-bond donors (Lipinski definition) is 1. The van der Waals surface area contributed by atoms with Crippen LogP contribution in [-0.4, -0.2) is 25.2 Å². The maximum atomic E-state index is 6.45. The van der Waals surface area contributed by atoms with Crippen molar-refractivity contribution in [2.45, 2.75) is 25.7 Å². The van der Waals surface area contributed by atoms with Crippen LogP contribution in [0.2, 0.25) is 5.15 Å². The van der Waals surface area contributed by atoms with Crippen molar-refractivity contribution in [3.8, 4) is 5.75 Å². The molecule has 1 aromatic rings. The average molecular weight is 257 g/mol. The van der Waals surface area contributed by atoms with Gasteiger partial charge in [0.25, 0.3) is 0 Å². The van der Waals surface area contributed by atoms with Crippen molar-refractivity contribution >= 4 is 17.3 Å². The fourth-order valence-electron chi connectivity index (χ4n) is 2.32. The molecule has 1 aliphatic rings. The quantitative estimate of drug-likeness (QED) is 0.502. The van der Waals surface area contributed by atoms with E-state index in [-0.39, 0.29) is 0 Å². The van der Waals surface area contributed by atoms with Gasteiger partial charge in [0.2, 0.25) is 0 Å². The van der Waals surface area contributed by atoms with Gasteiger partial charge in [-0.1, -0.05) is 11.6 Å². The number of rotatable bonds is 2. The number of pyridine rings is 1. The van der Waals surface area contributed by atoms with Crippen molar-refractivity contribution in [1.29, 1.82) is 0 Å². The van der Waals surface area contributed by atoms with E-state index < -0.39 is 0 Å². The van der Waals surface area contributed by atoms with Crippen LogP contribution in [0.25, 0.3) is 0 Å².